The Bertz CT molecular complexity index is 886. The number of rotatable bonds is 4. The fourth-order valence-electron chi connectivity index (χ4n) is 1.38. The largest absolute Gasteiger partial charge is 0.398 e. The van der Waals surface area contributed by atoms with Gasteiger partial charge in [0.05, 0.1) is 10.6 Å². The number of alkyl halides is 1. The third-order valence-corrected chi connectivity index (χ3v) is 6.81. The molecule has 13 heteroatoms. The Balaban J connectivity index is 3.99. The maximum Gasteiger partial charge on any atom is 0.296 e. The summed E-state index contributed by atoms with van der Waals surface area (Å²) in [6.45, 7) is 1.03. The van der Waals surface area contributed by atoms with Crippen LogP contribution in [0.2, 0.25) is 0 Å². The molecule has 0 heterocycles. The van der Waals surface area contributed by atoms with Gasteiger partial charge in [-0.1, -0.05) is 0 Å². The second kappa shape index (κ2) is 5.37. The number of nitrogen functional groups attached to an aromatic ring is 1. The van der Waals surface area contributed by atoms with Crippen LogP contribution < -0.4 is 5.73 Å². The molecule has 0 bridgehead atoms. The minimum Gasteiger partial charge on any atom is -0.398 e. The molecular formula is C8H10ClNO8S3. The van der Waals surface area contributed by atoms with E-state index >= 15 is 0 Å². The van der Waals surface area contributed by atoms with Crippen LogP contribution in [0.1, 0.15) is 6.92 Å². The minimum atomic E-state index is -5.12. The zero-order valence-corrected chi connectivity index (χ0v) is 13.5. The van der Waals surface area contributed by atoms with E-state index in [0.717, 1.165) is 6.92 Å². The first-order valence-electron chi connectivity index (χ1n) is 4.95. The number of nitrogens with two attached hydrogens (primary N) is 1. The van der Waals surface area contributed by atoms with Crippen LogP contribution in [0.15, 0.2) is 26.8 Å². The summed E-state index contributed by atoms with van der Waals surface area (Å²) in [5, 5.41) is 0. The predicted molar refractivity (Wildman–Crippen MR) is 73.0 cm³/mol. The topological polar surface area (TPSA) is 169 Å². The van der Waals surface area contributed by atoms with E-state index < -0.39 is 55.2 Å². The van der Waals surface area contributed by atoms with E-state index in [0.29, 0.717) is 6.07 Å². The molecule has 1 aromatic carbocycles. The highest BCUT2D eigenvalue weighted by atomic mass is 35.5. The maximum atomic E-state index is 11.9. The molecule has 0 aliphatic heterocycles. The van der Waals surface area contributed by atoms with Crippen molar-refractivity contribution in [2.24, 2.45) is 0 Å². The summed E-state index contributed by atoms with van der Waals surface area (Å²) in [5.41, 5.74) is 4.57. The molecule has 120 valence electrons. The second-order valence-corrected chi connectivity index (χ2v) is 9.81. The molecule has 4 N–H and O–H groups in total. The zero-order valence-electron chi connectivity index (χ0n) is 10.3. The molecule has 0 saturated heterocycles. The number of anilines is 1. The highest BCUT2D eigenvalue weighted by Crippen LogP contribution is 2.32. The van der Waals surface area contributed by atoms with Crippen molar-refractivity contribution in [1.29, 1.82) is 0 Å². The number of sulfone groups is 1. The summed E-state index contributed by atoms with van der Waals surface area (Å²) in [7, 11) is -14.5. The summed E-state index contributed by atoms with van der Waals surface area (Å²) in [6, 6.07) is 0.729. The lowest BCUT2D eigenvalue weighted by molar-refractivity contribution is 0.478. The van der Waals surface area contributed by atoms with Crippen LogP contribution in [0.4, 0.5) is 5.69 Å². The van der Waals surface area contributed by atoms with E-state index in [9.17, 15) is 25.3 Å². The number of halogens is 1. The molecule has 9 nitrogen and oxygen atoms in total. The van der Waals surface area contributed by atoms with E-state index in [4.69, 9.17) is 26.4 Å². The first kappa shape index (κ1) is 18.1. The molecule has 0 radical (unpaired) electrons. The number of hydrogen-bond donors (Lipinski definition) is 3. The Kier molecular flexibility index (Phi) is 4.64. The van der Waals surface area contributed by atoms with Gasteiger partial charge in [-0.05, 0) is 19.1 Å². The van der Waals surface area contributed by atoms with Crippen LogP contribution in [0, 0.1) is 0 Å². The van der Waals surface area contributed by atoms with Gasteiger partial charge in [-0.2, -0.15) is 16.8 Å². The molecule has 1 atom stereocenters. The van der Waals surface area contributed by atoms with Crippen LogP contribution in [0.25, 0.3) is 0 Å². The van der Waals surface area contributed by atoms with Crippen molar-refractivity contribution in [1.82, 2.24) is 0 Å². The zero-order chi connectivity index (χ0) is 16.8. The Morgan fingerprint density at radius 3 is 1.71 bits per heavy atom. The molecule has 0 aliphatic carbocycles. The lowest BCUT2D eigenvalue weighted by atomic mass is 10.3. The molecule has 1 aromatic rings. The van der Waals surface area contributed by atoms with Crippen molar-refractivity contribution in [2.45, 2.75) is 26.3 Å². The van der Waals surface area contributed by atoms with Gasteiger partial charge in [-0.25, -0.2) is 8.42 Å². The fourth-order valence-corrected chi connectivity index (χ4v) is 4.59. The Morgan fingerprint density at radius 2 is 1.38 bits per heavy atom. The van der Waals surface area contributed by atoms with Gasteiger partial charge in [0.15, 0.2) is 9.84 Å². The molecule has 0 spiro atoms. The lowest BCUT2D eigenvalue weighted by Crippen LogP contribution is -2.17. The van der Waals surface area contributed by atoms with Gasteiger partial charge in [0.1, 0.15) is 14.5 Å². The minimum absolute atomic E-state index is 0.242. The average Bonchev–Trinajstić information content (AvgIpc) is 2.24. The van der Waals surface area contributed by atoms with Crippen molar-refractivity contribution >= 4 is 47.4 Å². The third kappa shape index (κ3) is 3.64. The van der Waals surface area contributed by atoms with E-state index in [-0.39, 0.29) is 6.07 Å². The standard InChI is InChI=1S/C8H10ClNO8S3/c1-4(9)19(11,12)7-2-5(10)6(20(13,14)15)3-8(7)21(16,17)18/h2-4H,10H2,1H3,(H,13,14,15)(H,16,17,18). The maximum absolute atomic E-state index is 11.9. The predicted octanol–water partition coefficient (Wildman–Crippen LogP) is 0.121. The smallest absolute Gasteiger partial charge is 0.296 e. The highest BCUT2D eigenvalue weighted by Gasteiger charge is 2.32. The number of hydrogen-bond acceptors (Lipinski definition) is 7. The van der Waals surface area contributed by atoms with Crippen molar-refractivity contribution in [3.05, 3.63) is 12.1 Å². The third-order valence-electron chi connectivity index (χ3n) is 2.37. The summed E-state index contributed by atoms with van der Waals surface area (Å²) >= 11 is 5.44. The van der Waals surface area contributed by atoms with Gasteiger partial charge < -0.3 is 5.73 Å². The monoisotopic (exact) mass is 379 g/mol. The van der Waals surface area contributed by atoms with Gasteiger partial charge >= 0.3 is 0 Å². The van der Waals surface area contributed by atoms with Crippen molar-refractivity contribution in [3.8, 4) is 0 Å². The molecule has 0 saturated carbocycles. The summed E-state index contributed by atoms with van der Waals surface area (Å²) in [6.07, 6.45) is 0. The Morgan fingerprint density at radius 1 is 0.952 bits per heavy atom. The molecule has 21 heavy (non-hydrogen) atoms. The Labute approximate surface area is 126 Å². The van der Waals surface area contributed by atoms with Crippen molar-refractivity contribution < 1.29 is 34.4 Å². The van der Waals surface area contributed by atoms with Crippen LogP contribution in [-0.4, -0.2) is 39.1 Å². The van der Waals surface area contributed by atoms with Gasteiger partial charge in [0.25, 0.3) is 20.2 Å². The number of benzene rings is 1. The molecular weight excluding hydrogens is 370 g/mol. The van der Waals surface area contributed by atoms with Crippen molar-refractivity contribution in [2.75, 3.05) is 5.73 Å². The van der Waals surface area contributed by atoms with Gasteiger partial charge in [0, 0.05) is 0 Å². The normalized spacial score (nSPS) is 14.9. The van der Waals surface area contributed by atoms with Crippen molar-refractivity contribution in [3.63, 3.8) is 0 Å². The van der Waals surface area contributed by atoms with Crippen LogP contribution in [0.3, 0.4) is 0 Å². The molecule has 1 unspecified atom stereocenters. The summed E-state index contributed by atoms with van der Waals surface area (Å²) in [4.78, 5) is -3.29. The molecule has 0 amide bonds. The van der Waals surface area contributed by atoms with E-state index in [1.807, 2.05) is 0 Å². The SMILES string of the molecule is CC(Cl)S(=O)(=O)c1cc(N)c(S(=O)(=O)O)cc1S(=O)(=O)O. The van der Waals surface area contributed by atoms with Crippen LogP contribution in [-0.2, 0) is 30.1 Å². The van der Waals surface area contributed by atoms with E-state index in [1.165, 1.54) is 0 Å². The second-order valence-electron chi connectivity index (χ2n) is 3.87. The fraction of sp³-hybridized carbons (Fsp3) is 0.250. The Hall–Kier alpha value is -0.920. The highest BCUT2D eigenvalue weighted by molar-refractivity contribution is 7.94. The first-order valence-corrected chi connectivity index (χ1v) is 9.82. The molecule has 0 fully saturated rings. The van der Waals surface area contributed by atoms with Crippen LogP contribution >= 0.6 is 11.6 Å². The van der Waals surface area contributed by atoms with Gasteiger partial charge in [-0.15, -0.1) is 11.6 Å². The quantitative estimate of drug-likeness (QED) is 0.373. The molecule has 1 rings (SSSR count). The molecule has 0 aliphatic rings. The molecule has 0 aromatic heterocycles. The lowest BCUT2D eigenvalue weighted by Gasteiger charge is -2.13. The average molecular weight is 380 g/mol. The summed E-state index contributed by atoms with van der Waals surface area (Å²) < 4.78 is 84.8. The first-order chi connectivity index (χ1) is 9.19. The summed E-state index contributed by atoms with van der Waals surface area (Å²) in [5.74, 6) is 0. The van der Waals surface area contributed by atoms with E-state index in [1.54, 1.807) is 0 Å². The van der Waals surface area contributed by atoms with Gasteiger partial charge in [-0.3, -0.25) is 9.11 Å². The van der Waals surface area contributed by atoms with Gasteiger partial charge in [0.2, 0.25) is 0 Å². The van der Waals surface area contributed by atoms with E-state index in [2.05, 4.69) is 0 Å². The van der Waals surface area contributed by atoms with Crippen LogP contribution in [0.5, 0.6) is 0 Å².